The van der Waals surface area contributed by atoms with E-state index in [4.69, 9.17) is 11.6 Å². The highest BCUT2D eigenvalue weighted by molar-refractivity contribution is 6.30. The third kappa shape index (κ3) is 3.75. The molecule has 0 aliphatic rings. The number of hydrogen-bond acceptors (Lipinski definition) is 3. The normalized spacial score (nSPS) is 13.0. The summed E-state index contributed by atoms with van der Waals surface area (Å²) in [5, 5.41) is 4.93. The molecule has 0 saturated heterocycles. The third-order valence-electron chi connectivity index (χ3n) is 4.54. The van der Waals surface area contributed by atoms with Crippen molar-refractivity contribution in [2.45, 2.75) is 19.1 Å². The van der Waals surface area contributed by atoms with Crippen LogP contribution in [0.4, 0.5) is 13.2 Å². The quantitative estimate of drug-likeness (QED) is 0.505. The number of imidazole rings is 1. The molecule has 0 aliphatic heterocycles. The fraction of sp³-hybridized carbons (Fsp3) is 0.150. The Morgan fingerprint density at radius 3 is 2.62 bits per heavy atom. The van der Waals surface area contributed by atoms with E-state index in [9.17, 15) is 18.0 Å². The fourth-order valence-electron chi connectivity index (χ4n) is 3.02. The highest BCUT2D eigenvalue weighted by Crippen LogP contribution is 2.31. The SMILES string of the molecule is CC(c1nc2ccc(C(F)(F)F)cc2[nH]1)n1nc(-c2cccc(Cl)c2)ccc1=O. The van der Waals surface area contributed by atoms with Crippen molar-refractivity contribution in [3.8, 4) is 11.3 Å². The third-order valence-corrected chi connectivity index (χ3v) is 4.77. The Morgan fingerprint density at radius 1 is 1.10 bits per heavy atom. The Bertz CT molecular complexity index is 1260. The van der Waals surface area contributed by atoms with E-state index in [1.807, 2.05) is 6.07 Å². The second-order valence-corrected chi connectivity index (χ2v) is 6.98. The summed E-state index contributed by atoms with van der Waals surface area (Å²) in [6.45, 7) is 1.69. The van der Waals surface area contributed by atoms with E-state index in [0.29, 0.717) is 22.1 Å². The first kappa shape index (κ1) is 19.2. The highest BCUT2D eigenvalue weighted by Gasteiger charge is 2.31. The number of aromatic amines is 1. The van der Waals surface area contributed by atoms with Crippen LogP contribution < -0.4 is 5.56 Å². The molecule has 4 aromatic rings. The summed E-state index contributed by atoms with van der Waals surface area (Å²) in [6.07, 6.45) is -4.45. The Hall–Kier alpha value is -3.13. The minimum atomic E-state index is -4.45. The molecule has 9 heteroatoms. The fourth-order valence-corrected chi connectivity index (χ4v) is 3.21. The van der Waals surface area contributed by atoms with E-state index in [1.54, 1.807) is 31.2 Å². The van der Waals surface area contributed by atoms with Gasteiger partial charge in [0, 0.05) is 16.7 Å². The highest BCUT2D eigenvalue weighted by atomic mass is 35.5. The maximum atomic E-state index is 12.9. The molecule has 1 unspecified atom stereocenters. The molecule has 2 aromatic carbocycles. The summed E-state index contributed by atoms with van der Waals surface area (Å²) < 4.78 is 40.0. The van der Waals surface area contributed by atoms with Crippen LogP contribution in [0.25, 0.3) is 22.3 Å². The predicted octanol–water partition coefficient (Wildman–Crippen LogP) is 5.07. The number of nitrogens with one attached hydrogen (secondary N) is 1. The van der Waals surface area contributed by atoms with Crippen LogP contribution in [0.2, 0.25) is 5.02 Å². The average molecular weight is 419 g/mol. The van der Waals surface area contributed by atoms with Crippen LogP contribution in [0.3, 0.4) is 0 Å². The lowest BCUT2D eigenvalue weighted by Crippen LogP contribution is -2.26. The first-order chi connectivity index (χ1) is 13.7. The lowest BCUT2D eigenvalue weighted by Gasteiger charge is -2.13. The molecule has 2 aromatic heterocycles. The van der Waals surface area contributed by atoms with E-state index in [2.05, 4.69) is 15.1 Å². The van der Waals surface area contributed by atoms with Gasteiger partial charge in [-0.05, 0) is 43.3 Å². The van der Waals surface area contributed by atoms with Crippen molar-refractivity contribution in [3.05, 3.63) is 81.4 Å². The summed E-state index contributed by atoms with van der Waals surface area (Å²) in [6, 6.07) is 12.7. The monoisotopic (exact) mass is 418 g/mol. The van der Waals surface area contributed by atoms with Crippen LogP contribution in [0, 0.1) is 0 Å². The predicted molar refractivity (Wildman–Crippen MR) is 104 cm³/mol. The zero-order valence-electron chi connectivity index (χ0n) is 15.0. The maximum Gasteiger partial charge on any atom is 0.416 e. The van der Waals surface area contributed by atoms with Crippen LogP contribution >= 0.6 is 11.6 Å². The summed E-state index contributed by atoms with van der Waals surface area (Å²) >= 11 is 6.02. The van der Waals surface area contributed by atoms with Gasteiger partial charge in [0.25, 0.3) is 5.56 Å². The summed E-state index contributed by atoms with van der Waals surface area (Å²) in [5.41, 5.74) is 0.748. The van der Waals surface area contributed by atoms with Crippen molar-refractivity contribution >= 4 is 22.6 Å². The van der Waals surface area contributed by atoms with Crippen molar-refractivity contribution in [2.24, 2.45) is 0 Å². The zero-order chi connectivity index (χ0) is 20.8. The minimum absolute atomic E-state index is 0.237. The maximum absolute atomic E-state index is 12.9. The van der Waals surface area contributed by atoms with Gasteiger partial charge in [0.05, 0.1) is 22.3 Å². The molecular formula is C20H14ClF3N4O. The molecule has 0 radical (unpaired) electrons. The van der Waals surface area contributed by atoms with Crippen LogP contribution in [0.15, 0.2) is 59.4 Å². The van der Waals surface area contributed by atoms with Gasteiger partial charge in [-0.15, -0.1) is 0 Å². The van der Waals surface area contributed by atoms with Gasteiger partial charge in [0.2, 0.25) is 0 Å². The number of benzene rings is 2. The molecule has 0 spiro atoms. The molecule has 0 fully saturated rings. The molecule has 148 valence electrons. The summed E-state index contributed by atoms with van der Waals surface area (Å²) in [4.78, 5) is 19.6. The Labute approximate surface area is 167 Å². The largest absolute Gasteiger partial charge is 0.416 e. The van der Waals surface area contributed by atoms with E-state index >= 15 is 0 Å². The van der Waals surface area contributed by atoms with Crippen LogP contribution in [0.1, 0.15) is 24.4 Å². The first-order valence-electron chi connectivity index (χ1n) is 8.65. The van der Waals surface area contributed by atoms with Crippen molar-refractivity contribution in [2.75, 3.05) is 0 Å². The van der Waals surface area contributed by atoms with E-state index < -0.39 is 17.8 Å². The number of H-pyrrole nitrogens is 1. The lowest BCUT2D eigenvalue weighted by atomic mass is 10.1. The van der Waals surface area contributed by atoms with Gasteiger partial charge in [-0.25, -0.2) is 9.67 Å². The molecule has 0 bridgehead atoms. The second-order valence-electron chi connectivity index (χ2n) is 6.54. The van der Waals surface area contributed by atoms with Gasteiger partial charge in [-0.2, -0.15) is 18.3 Å². The van der Waals surface area contributed by atoms with E-state index in [0.717, 1.165) is 17.7 Å². The lowest BCUT2D eigenvalue weighted by molar-refractivity contribution is -0.137. The molecule has 0 aliphatic carbocycles. The molecule has 29 heavy (non-hydrogen) atoms. The van der Waals surface area contributed by atoms with Crippen molar-refractivity contribution in [1.29, 1.82) is 0 Å². The molecule has 1 N–H and O–H groups in total. The molecular weight excluding hydrogens is 405 g/mol. The van der Waals surface area contributed by atoms with Crippen LogP contribution in [0.5, 0.6) is 0 Å². The topological polar surface area (TPSA) is 63.6 Å². The van der Waals surface area contributed by atoms with Gasteiger partial charge in [-0.1, -0.05) is 23.7 Å². The molecule has 2 heterocycles. The summed E-state index contributed by atoms with van der Waals surface area (Å²) in [5.74, 6) is 0.331. The molecule has 0 saturated carbocycles. The number of hydrogen-bond donors (Lipinski definition) is 1. The van der Waals surface area contributed by atoms with Crippen molar-refractivity contribution in [3.63, 3.8) is 0 Å². The molecule has 1 atom stereocenters. The molecule has 5 nitrogen and oxygen atoms in total. The standard InChI is InChI=1S/C20H14ClF3N4O/c1-11(19-25-16-6-5-13(20(22,23)24)10-17(16)26-19)28-18(29)8-7-15(27-28)12-3-2-4-14(21)9-12/h2-11H,1H3,(H,25,26). The minimum Gasteiger partial charge on any atom is -0.340 e. The Morgan fingerprint density at radius 2 is 1.90 bits per heavy atom. The van der Waals surface area contributed by atoms with Gasteiger partial charge in [0.1, 0.15) is 11.9 Å². The average Bonchev–Trinajstić information content (AvgIpc) is 3.10. The molecule has 0 amide bonds. The van der Waals surface area contributed by atoms with Crippen molar-refractivity contribution < 1.29 is 13.2 Å². The number of aromatic nitrogens is 4. The number of alkyl halides is 3. The number of nitrogens with zero attached hydrogens (tertiary/aromatic N) is 3. The Kier molecular flexibility index (Phi) is 4.66. The van der Waals surface area contributed by atoms with Gasteiger partial charge >= 0.3 is 6.18 Å². The van der Waals surface area contributed by atoms with Gasteiger partial charge in [-0.3, -0.25) is 4.79 Å². The van der Waals surface area contributed by atoms with E-state index in [-0.39, 0.29) is 11.1 Å². The summed E-state index contributed by atoms with van der Waals surface area (Å²) in [7, 11) is 0. The second kappa shape index (κ2) is 7.04. The number of halogens is 4. The number of fused-ring (bicyclic) bond motifs is 1. The van der Waals surface area contributed by atoms with Gasteiger partial charge < -0.3 is 4.98 Å². The van der Waals surface area contributed by atoms with Crippen LogP contribution in [-0.4, -0.2) is 19.7 Å². The smallest absolute Gasteiger partial charge is 0.340 e. The van der Waals surface area contributed by atoms with Gasteiger partial charge in [0.15, 0.2) is 0 Å². The first-order valence-corrected chi connectivity index (χ1v) is 9.03. The molecule has 4 rings (SSSR count). The zero-order valence-corrected chi connectivity index (χ0v) is 15.8. The van der Waals surface area contributed by atoms with E-state index in [1.165, 1.54) is 16.8 Å². The Balaban J connectivity index is 1.75. The number of rotatable bonds is 3. The van der Waals surface area contributed by atoms with Crippen LogP contribution in [-0.2, 0) is 6.18 Å². The van der Waals surface area contributed by atoms with Crippen molar-refractivity contribution in [1.82, 2.24) is 19.7 Å².